The Balaban J connectivity index is 2.09. The minimum Gasteiger partial charge on any atom is -0.103 e. The van der Waals surface area contributed by atoms with Crippen LogP contribution in [-0.2, 0) is 0 Å². The maximum absolute atomic E-state index is 3.89. The molecule has 12 heavy (non-hydrogen) atoms. The molecule has 2 aliphatic carbocycles. The minimum absolute atomic E-state index is 0.620. The third kappa shape index (κ3) is 0.654. The molecule has 0 bridgehead atoms. The van der Waals surface area contributed by atoms with E-state index in [1.807, 2.05) is 0 Å². The molecule has 0 saturated heterocycles. The third-order valence-electron chi connectivity index (χ3n) is 5.04. The molecular weight excluding hydrogens is 144 g/mol. The van der Waals surface area contributed by atoms with Gasteiger partial charge in [0.25, 0.3) is 0 Å². The summed E-state index contributed by atoms with van der Waals surface area (Å²) in [4.78, 5) is 0. The van der Waals surface area contributed by atoms with Crippen LogP contribution in [-0.4, -0.2) is 0 Å². The lowest BCUT2D eigenvalue weighted by molar-refractivity contribution is 0.472. The highest BCUT2D eigenvalue weighted by atomic mass is 14.8. The molecule has 2 saturated carbocycles. The number of rotatable bonds is 2. The quantitative estimate of drug-likeness (QED) is 0.548. The SMILES string of the molecule is C=CC(C)C1CC12C(C)C2(C)C. The van der Waals surface area contributed by atoms with Crippen LogP contribution in [0.1, 0.15) is 34.1 Å². The number of hydrogen-bond acceptors (Lipinski definition) is 0. The van der Waals surface area contributed by atoms with Crippen molar-refractivity contribution in [2.75, 3.05) is 0 Å². The summed E-state index contributed by atoms with van der Waals surface area (Å²) in [5.41, 5.74) is 1.34. The van der Waals surface area contributed by atoms with E-state index in [0.717, 1.165) is 23.2 Å². The van der Waals surface area contributed by atoms with E-state index in [2.05, 4.69) is 40.3 Å². The van der Waals surface area contributed by atoms with Crippen molar-refractivity contribution < 1.29 is 0 Å². The van der Waals surface area contributed by atoms with Crippen molar-refractivity contribution in [2.45, 2.75) is 34.1 Å². The molecule has 0 radical (unpaired) electrons. The van der Waals surface area contributed by atoms with E-state index >= 15 is 0 Å². The van der Waals surface area contributed by atoms with Crippen LogP contribution >= 0.6 is 0 Å². The van der Waals surface area contributed by atoms with Gasteiger partial charge in [0.1, 0.15) is 0 Å². The van der Waals surface area contributed by atoms with Crippen molar-refractivity contribution in [3.63, 3.8) is 0 Å². The van der Waals surface area contributed by atoms with Gasteiger partial charge in [0.15, 0.2) is 0 Å². The highest BCUT2D eigenvalue weighted by Gasteiger charge is 2.80. The summed E-state index contributed by atoms with van der Waals surface area (Å²) >= 11 is 0. The van der Waals surface area contributed by atoms with Gasteiger partial charge in [-0.3, -0.25) is 0 Å². The normalized spacial score (nSPS) is 50.3. The second kappa shape index (κ2) is 1.97. The van der Waals surface area contributed by atoms with E-state index in [1.165, 1.54) is 6.42 Å². The summed E-state index contributed by atoms with van der Waals surface area (Å²) in [5.74, 6) is 2.62. The van der Waals surface area contributed by atoms with Gasteiger partial charge in [0.2, 0.25) is 0 Å². The van der Waals surface area contributed by atoms with Gasteiger partial charge in [-0.25, -0.2) is 0 Å². The molecule has 0 nitrogen and oxygen atoms in total. The molecule has 0 aromatic rings. The van der Waals surface area contributed by atoms with E-state index in [1.54, 1.807) is 0 Å². The molecule has 2 aliphatic rings. The van der Waals surface area contributed by atoms with Crippen LogP contribution in [0.25, 0.3) is 0 Å². The molecule has 68 valence electrons. The second-order valence-corrected chi connectivity index (χ2v) is 5.39. The zero-order valence-electron chi connectivity index (χ0n) is 8.72. The Hall–Kier alpha value is -0.260. The predicted molar refractivity (Wildman–Crippen MR) is 52.8 cm³/mol. The minimum atomic E-state index is 0.620. The molecule has 2 rings (SSSR count). The maximum atomic E-state index is 3.89. The molecule has 1 spiro atoms. The van der Waals surface area contributed by atoms with E-state index in [4.69, 9.17) is 0 Å². The second-order valence-electron chi connectivity index (χ2n) is 5.39. The summed E-state index contributed by atoms with van der Waals surface area (Å²) in [6.45, 7) is 13.5. The number of allylic oxidation sites excluding steroid dienone is 1. The molecule has 0 aliphatic heterocycles. The first kappa shape index (κ1) is 8.34. The topological polar surface area (TPSA) is 0 Å². The Kier molecular flexibility index (Phi) is 1.37. The fraction of sp³-hybridized carbons (Fsp3) is 0.833. The smallest absolute Gasteiger partial charge is 0.0175 e. The molecule has 0 N–H and O–H groups in total. The van der Waals surface area contributed by atoms with Crippen LogP contribution in [0.2, 0.25) is 0 Å². The van der Waals surface area contributed by atoms with Crippen LogP contribution in [0.5, 0.6) is 0 Å². The van der Waals surface area contributed by atoms with Gasteiger partial charge in [0, 0.05) is 0 Å². The lowest BCUT2D eigenvalue weighted by atomic mass is 10.00. The Morgan fingerprint density at radius 3 is 2.25 bits per heavy atom. The van der Waals surface area contributed by atoms with Crippen molar-refractivity contribution in [2.24, 2.45) is 28.6 Å². The van der Waals surface area contributed by atoms with Crippen molar-refractivity contribution in [1.82, 2.24) is 0 Å². The van der Waals surface area contributed by atoms with Crippen LogP contribution < -0.4 is 0 Å². The summed E-state index contributed by atoms with van der Waals surface area (Å²) < 4.78 is 0. The third-order valence-corrected chi connectivity index (χ3v) is 5.04. The van der Waals surface area contributed by atoms with E-state index < -0.39 is 0 Å². The van der Waals surface area contributed by atoms with Crippen LogP contribution in [0, 0.1) is 28.6 Å². The van der Waals surface area contributed by atoms with Gasteiger partial charge in [-0.15, -0.1) is 6.58 Å². The van der Waals surface area contributed by atoms with Gasteiger partial charge < -0.3 is 0 Å². The Bertz CT molecular complexity index is 226. The van der Waals surface area contributed by atoms with Crippen LogP contribution in [0.4, 0.5) is 0 Å². The largest absolute Gasteiger partial charge is 0.103 e. The predicted octanol–water partition coefficient (Wildman–Crippen LogP) is 3.49. The summed E-state index contributed by atoms with van der Waals surface area (Å²) in [6, 6.07) is 0. The Morgan fingerprint density at radius 1 is 1.50 bits per heavy atom. The molecule has 2 fully saturated rings. The van der Waals surface area contributed by atoms with Gasteiger partial charge >= 0.3 is 0 Å². The van der Waals surface area contributed by atoms with Crippen molar-refractivity contribution in [3.05, 3.63) is 12.7 Å². The van der Waals surface area contributed by atoms with Crippen molar-refractivity contribution in [1.29, 1.82) is 0 Å². The lowest BCUT2D eigenvalue weighted by Crippen LogP contribution is -1.98. The molecule has 4 atom stereocenters. The highest BCUT2D eigenvalue weighted by molar-refractivity contribution is 5.29. The fourth-order valence-corrected chi connectivity index (χ4v) is 3.53. The first-order chi connectivity index (χ1) is 5.48. The average Bonchev–Trinajstić information content (AvgIpc) is 2.85. The Morgan fingerprint density at radius 2 is 2.00 bits per heavy atom. The molecule has 4 unspecified atom stereocenters. The number of hydrogen-bond donors (Lipinski definition) is 0. The van der Waals surface area contributed by atoms with Gasteiger partial charge in [-0.05, 0) is 35.0 Å². The first-order valence-corrected chi connectivity index (χ1v) is 5.11. The zero-order valence-corrected chi connectivity index (χ0v) is 8.72. The first-order valence-electron chi connectivity index (χ1n) is 5.11. The monoisotopic (exact) mass is 164 g/mol. The molecule has 0 amide bonds. The summed E-state index contributed by atoms with van der Waals surface area (Å²) in [6.07, 6.45) is 3.58. The summed E-state index contributed by atoms with van der Waals surface area (Å²) in [7, 11) is 0. The van der Waals surface area contributed by atoms with Crippen molar-refractivity contribution >= 4 is 0 Å². The highest BCUT2D eigenvalue weighted by Crippen LogP contribution is 2.86. The lowest BCUT2D eigenvalue weighted by Gasteiger charge is -2.05. The Labute approximate surface area is 76.1 Å². The molecule has 0 aromatic heterocycles. The maximum Gasteiger partial charge on any atom is -0.0175 e. The van der Waals surface area contributed by atoms with Gasteiger partial charge in [0.05, 0.1) is 0 Å². The summed E-state index contributed by atoms with van der Waals surface area (Å²) in [5, 5.41) is 0. The van der Waals surface area contributed by atoms with Gasteiger partial charge in [-0.2, -0.15) is 0 Å². The fourth-order valence-electron chi connectivity index (χ4n) is 3.53. The molecule has 0 aromatic carbocycles. The molecule has 0 heteroatoms. The average molecular weight is 164 g/mol. The molecular formula is C12H20. The van der Waals surface area contributed by atoms with Crippen LogP contribution in [0.15, 0.2) is 12.7 Å². The van der Waals surface area contributed by atoms with E-state index in [9.17, 15) is 0 Å². The van der Waals surface area contributed by atoms with E-state index in [-0.39, 0.29) is 0 Å². The zero-order chi connectivity index (χ0) is 9.15. The van der Waals surface area contributed by atoms with E-state index in [0.29, 0.717) is 5.41 Å². The van der Waals surface area contributed by atoms with Crippen molar-refractivity contribution in [3.8, 4) is 0 Å². The molecule has 0 heterocycles. The van der Waals surface area contributed by atoms with Gasteiger partial charge in [-0.1, -0.05) is 33.8 Å². The van der Waals surface area contributed by atoms with Crippen LogP contribution in [0.3, 0.4) is 0 Å². The standard InChI is InChI=1S/C12H20/c1-6-8(2)10-7-12(10)9(3)11(12,4)5/h6,8-10H,1,7H2,2-5H3.